The summed E-state index contributed by atoms with van der Waals surface area (Å²) in [5.41, 5.74) is 2.60. The second-order valence-corrected chi connectivity index (χ2v) is 6.51. The third kappa shape index (κ3) is 3.61. The number of rotatable bonds is 7. The Morgan fingerprint density at radius 1 is 1.38 bits per heavy atom. The van der Waals surface area contributed by atoms with Crippen molar-refractivity contribution in [3.63, 3.8) is 0 Å². The summed E-state index contributed by atoms with van der Waals surface area (Å²) < 4.78 is 5.60. The summed E-state index contributed by atoms with van der Waals surface area (Å²) in [6, 6.07) is 0. The van der Waals surface area contributed by atoms with Gasteiger partial charge in [-0.2, -0.15) is 0 Å². The van der Waals surface area contributed by atoms with Gasteiger partial charge in [-0.1, -0.05) is 6.92 Å². The van der Waals surface area contributed by atoms with Crippen LogP contribution in [0.5, 0.6) is 0 Å². The maximum absolute atomic E-state index is 5.60. The molecule has 2 aliphatic rings. The van der Waals surface area contributed by atoms with Crippen LogP contribution in [0.15, 0.2) is 6.20 Å². The van der Waals surface area contributed by atoms with E-state index in [9.17, 15) is 0 Å². The number of ether oxygens (including phenoxy) is 1. The number of fused-ring (bicyclic) bond motifs is 1. The Morgan fingerprint density at radius 2 is 2.24 bits per heavy atom. The van der Waals surface area contributed by atoms with Crippen LogP contribution in [0.1, 0.15) is 55.8 Å². The summed E-state index contributed by atoms with van der Waals surface area (Å²) in [4.78, 5) is 9.42. The fourth-order valence-corrected chi connectivity index (χ4v) is 3.30. The first kappa shape index (κ1) is 14.9. The zero-order chi connectivity index (χ0) is 14.7. The van der Waals surface area contributed by atoms with E-state index in [4.69, 9.17) is 9.72 Å². The molecule has 2 aliphatic carbocycles. The van der Waals surface area contributed by atoms with Gasteiger partial charge in [0.2, 0.25) is 0 Å². The third-order valence-electron chi connectivity index (χ3n) is 4.69. The molecule has 1 heterocycles. The topological polar surface area (TPSA) is 47.0 Å². The van der Waals surface area contributed by atoms with Gasteiger partial charge in [0.05, 0.1) is 0 Å². The monoisotopic (exact) mass is 289 g/mol. The molecule has 0 aliphatic heterocycles. The molecule has 0 saturated heterocycles. The van der Waals surface area contributed by atoms with Crippen molar-refractivity contribution in [2.75, 3.05) is 20.2 Å². The highest BCUT2D eigenvalue weighted by molar-refractivity contribution is 5.22. The average molecular weight is 289 g/mol. The molecule has 0 radical (unpaired) electrons. The fraction of sp³-hybridized carbons (Fsp3) is 0.765. The molecule has 116 valence electrons. The van der Waals surface area contributed by atoms with Crippen molar-refractivity contribution in [1.82, 2.24) is 15.3 Å². The standard InChI is InChI=1S/C17H27N3O/c1-3-8-18-10-12-4-7-15-14(9-12)11-19-17(20-15)16(21-2)13-5-6-13/h11-13,16,18H,3-10H2,1-2H3. The Kier molecular flexibility index (Phi) is 4.86. The molecule has 0 amide bonds. The Balaban J connectivity index is 1.64. The summed E-state index contributed by atoms with van der Waals surface area (Å²) in [5.74, 6) is 2.28. The van der Waals surface area contributed by atoms with Crippen LogP contribution in [-0.2, 0) is 17.6 Å². The van der Waals surface area contributed by atoms with Gasteiger partial charge in [-0.3, -0.25) is 0 Å². The lowest BCUT2D eigenvalue weighted by Gasteiger charge is -2.25. The first-order valence-electron chi connectivity index (χ1n) is 8.40. The van der Waals surface area contributed by atoms with Gasteiger partial charge >= 0.3 is 0 Å². The molecule has 0 bridgehead atoms. The summed E-state index contributed by atoms with van der Waals surface area (Å²) in [5, 5.41) is 3.54. The van der Waals surface area contributed by atoms with Crippen LogP contribution in [0.25, 0.3) is 0 Å². The summed E-state index contributed by atoms with van der Waals surface area (Å²) >= 11 is 0. The molecule has 0 aromatic carbocycles. The fourth-order valence-electron chi connectivity index (χ4n) is 3.30. The van der Waals surface area contributed by atoms with E-state index >= 15 is 0 Å². The predicted molar refractivity (Wildman–Crippen MR) is 83.2 cm³/mol. The number of hydrogen-bond donors (Lipinski definition) is 1. The van der Waals surface area contributed by atoms with Gasteiger partial charge in [-0.25, -0.2) is 9.97 Å². The first-order valence-corrected chi connectivity index (χ1v) is 8.40. The normalized spacial score (nSPS) is 22.9. The van der Waals surface area contributed by atoms with Gasteiger partial charge in [-0.05, 0) is 69.0 Å². The molecule has 1 N–H and O–H groups in total. The van der Waals surface area contributed by atoms with Crippen molar-refractivity contribution < 1.29 is 4.74 Å². The molecule has 1 aromatic heterocycles. The maximum Gasteiger partial charge on any atom is 0.157 e. The van der Waals surface area contributed by atoms with E-state index in [1.807, 2.05) is 0 Å². The molecular formula is C17H27N3O. The lowest BCUT2D eigenvalue weighted by molar-refractivity contribution is 0.0768. The average Bonchev–Trinajstić information content (AvgIpc) is 3.33. The molecule has 0 spiro atoms. The van der Waals surface area contributed by atoms with Crippen molar-refractivity contribution in [2.45, 2.75) is 51.6 Å². The highest BCUT2D eigenvalue weighted by atomic mass is 16.5. The van der Waals surface area contributed by atoms with E-state index in [1.54, 1.807) is 7.11 Å². The van der Waals surface area contributed by atoms with E-state index in [-0.39, 0.29) is 6.10 Å². The van der Waals surface area contributed by atoms with Crippen LogP contribution in [0.4, 0.5) is 0 Å². The molecule has 1 fully saturated rings. The highest BCUT2D eigenvalue weighted by Crippen LogP contribution is 2.42. The van der Waals surface area contributed by atoms with Gasteiger partial charge < -0.3 is 10.1 Å². The van der Waals surface area contributed by atoms with Gasteiger partial charge in [0.15, 0.2) is 5.82 Å². The zero-order valence-corrected chi connectivity index (χ0v) is 13.3. The number of aryl methyl sites for hydroxylation is 1. The molecule has 4 heteroatoms. The van der Waals surface area contributed by atoms with Crippen LogP contribution in [-0.4, -0.2) is 30.2 Å². The van der Waals surface area contributed by atoms with E-state index in [1.165, 1.54) is 36.9 Å². The largest absolute Gasteiger partial charge is 0.373 e. The van der Waals surface area contributed by atoms with Crippen LogP contribution in [0.2, 0.25) is 0 Å². The lowest BCUT2D eigenvalue weighted by atomic mass is 9.87. The minimum atomic E-state index is 0.110. The summed E-state index contributed by atoms with van der Waals surface area (Å²) in [6.45, 7) is 4.46. The molecule has 2 atom stereocenters. The van der Waals surface area contributed by atoms with E-state index in [2.05, 4.69) is 23.4 Å². The van der Waals surface area contributed by atoms with Crippen molar-refractivity contribution in [3.8, 4) is 0 Å². The van der Waals surface area contributed by atoms with Crippen molar-refractivity contribution in [3.05, 3.63) is 23.3 Å². The van der Waals surface area contributed by atoms with E-state index in [0.29, 0.717) is 5.92 Å². The second-order valence-electron chi connectivity index (χ2n) is 6.51. The van der Waals surface area contributed by atoms with Crippen molar-refractivity contribution >= 4 is 0 Å². The van der Waals surface area contributed by atoms with Gasteiger partial charge in [0.25, 0.3) is 0 Å². The SMILES string of the molecule is CCCNCC1CCc2nc(C(OC)C3CC3)ncc2C1. The molecular weight excluding hydrogens is 262 g/mol. The first-order chi connectivity index (χ1) is 10.3. The summed E-state index contributed by atoms with van der Waals surface area (Å²) in [6.07, 6.45) is 9.32. The van der Waals surface area contributed by atoms with Crippen LogP contribution < -0.4 is 5.32 Å². The Bertz CT molecular complexity index is 473. The summed E-state index contributed by atoms with van der Waals surface area (Å²) in [7, 11) is 1.78. The Hall–Kier alpha value is -1.00. The van der Waals surface area contributed by atoms with E-state index < -0.39 is 0 Å². The zero-order valence-electron chi connectivity index (χ0n) is 13.3. The number of methoxy groups -OCH3 is 1. The molecule has 3 rings (SSSR count). The lowest BCUT2D eigenvalue weighted by Crippen LogP contribution is -2.28. The van der Waals surface area contributed by atoms with Crippen LogP contribution in [0.3, 0.4) is 0 Å². The quantitative estimate of drug-likeness (QED) is 0.784. The maximum atomic E-state index is 5.60. The number of hydrogen-bond acceptors (Lipinski definition) is 4. The molecule has 1 aromatic rings. The number of nitrogens with zero attached hydrogens (tertiary/aromatic N) is 2. The Morgan fingerprint density at radius 3 is 2.95 bits per heavy atom. The predicted octanol–water partition coefficient (Wildman–Crippen LogP) is 2.68. The van der Waals surface area contributed by atoms with Crippen LogP contribution in [0, 0.1) is 11.8 Å². The molecule has 1 saturated carbocycles. The van der Waals surface area contributed by atoms with Crippen molar-refractivity contribution in [2.24, 2.45) is 11.8 Å². The number of nitrogens with one attached hydrogen (secondary N) is 1. The highest BCUT2D eigenvalue weighted by Gasteiger charge is 2.35. The van der Waals surface area contributed by atoms with Gasteiger partial charge in [0.1, 0.15) is 6.10 Å². The van der Waals surface area contributed by atoms with Gasteiger partial charge in [-0.15, -0.1) is 0 Å². The molecule has 2 unspecified atom stereocenters. The van der Waals surface area contributed by atoms with Crippen molar-refractivity contribution in [1.29, 1.82) is 0 Å². The second kappa shape index (κ2) is 6.84. The smallest absolute Gasteiger partial charge is 0.157 e. The minimum absolute atomic E-state index is 0.110. The molecule has 21 heavy (non-hydrogen) atoms. The van der Waals surface area contributed by atoms with Crippen LogP contribution >= 0.6 is 0 Å². The third-order valence-corrected chi connectivity index (χ3v) is 4.69. The molecule has 4 nitrogen and oxygen atoms in total. The Labute approximate surface area is 127 Å². The van der Waals surface area contributed by atoms with E-state index in [0.717, 1.165) is 37.7 Å². The minimum Gasteiger partial charge on any atom is -0.373 e. The van der Waals surface area contributed by atoms with Gasteiger partial charge in [0, 0.05) is 19.0 Å². The number of aromatic nitrogens is 2.